The molecule has 47 heavy (non-hydrogen) atoms. The molecule has 4 aromatic rings. The van der Waals surface area contributed by atoms with Gasteiger partial charge in [0.1, 0.15) is 16.8 Å². The maximum Gasteiger partial charge on any atom is 0.496 e. The van der Waals surface area contributed by atoms with Crippen molar-refractivity contribution in [2.45, 2.75) is 72.5 Å². The normalized spacial score (nSPS) is 15.0. The quantitative estimate of drug-likeness (QED) is 0.177. The standard InChI is InChI=1S/C13H17BF3NO2.C11H9F3N4.C4H4ClN3.CH4/c1-8-10(13(15,16)17)6-9(7-18-8)14-19-11(2,3)12(4,5)20-14;1-6-8(11(12,13)14)2-7(3-17-6)9-4-16-5-10(15)18-9;5-3-1-7-2-4(6)8-3;/h6-7H,1-5H3;2-5H,1H3,(H2,15,18);1-2H,(H2,6,8);1H4. The summed E-state index contributed by atoms with van der Waals surface area (Å²) in [6.07, 6.45) is -0.680. The lowest BCUT2D eigenvalue weighted by molar-refractivity contribution is -0.139. The lowest BCUT2D eigenvalue weighted by atomic mass is 9.79. The highest BCUT2D eigenvalue weighted by Crippen LogP contribution is 2.37. The molecule has 0 aromatic carbocycles. The van der Waals surface area contributed by atoms with Gasteiger partial charge in [-0.05, 0) is 53.7 Å². The molecule has 0 amide bonds. The summed E-state index contributed by atoms with van der Waals surface area (Å²) in [5, 5.41) is 0.324. The van der Waals surface area contributed by atoms with Gasteiger partial charge in [0.05, 0.1) is 52.8 Å². The molecular weight excluding hydrogens is 653 g/mol. The minimum absolute atomic E-state index is 0. The topological polar surface area (TPSA) is 148 Å². The Bertz CT molecular complexity index is 1640. The maximum atomic E-state index is 12.9. The van der Waals surface area contributed by atoms with E-state index in [1.807, 2.05) is 27.7 Å². The number of pyridine rings is 2. The van der Waals surface area contributed by atoms with Crippen molar-refractivity contribution in [1.29, 1.82) is 0 Å². The summed E-state index contributed by atoms with van der Waals surface area (Å²) in [4.78, 5) is 22.5. The molecule has 1 fully saturated rings. The second-order valence-electron chi connectivity index (χ2n) is 10.9. The highest BCUT2D eigenvalue weighted by atomic mass is 35.5. The van der Waals surface area contributed by atoms with E-state index >= 15 is 0 Å². The van der Waals surface area contributed by atoms with E-state index in [9.17, 15) is 26.3 Å². The molecule has 4 N–H and O–H groups in total. The molecule has 254 valence electrons. The molecule has 0 spiro atoms. The van der Waals surface area contributed by atoms with Crippen molar-refractivity contribution in [2.24, 2.45) is 0 Å². The van der Waals surface area contributed by atoms with E-state index in [1.165, 1.54) is 51.0 Å². The predicted octanol–water partition coefficient (Wildman–Crippen LogP) is 6.50. The first-order valence-corrected chi connectivity index (χ1v) is 13.7. The summed E-state index contributed by atoms with van der Waals surface area (Å²) in [6, 6.07) is 2.04. The maximum absolute atomic E-state index is 12.9. The summed E-state index contributed by atoms with van der Waals surface area (Å²) in [5.74, 6) is 0.485. The fourth-order valence-corrected chi connectivity index (χ4v) is 3.93. The summed E-state index contributed by atoms with van der Waals surface area (Å²) < 4.78 is 88.3. The minimum atomic E-state index is -4.44. The highest BCUT2D eigenvalue weighted by Gasteiger charge is 2.52. The number of aromatic nitrogens is 6. The SMILES string of the molecule is C.Cc1ncc(-c2cncc(N)n2)cc1C(F)(F)F.Cc1ncc(B2OC(C)(C)C(C)(C)O2)cc1C(F)(F)F.Nc1cncc(Cl)n1. The molecule has 0 saturated carbocycles. The lowest BCUT2D eigenvalue weighted by Crippen LogP contribution is -2.41. The van der Waals surface area contributed by atoms with Crippen LogP contribution in [0.1, 0.15) is 57.6 Å². The number of nitrogens with zero attached hydrogens (tertiary/aromatic N) is 6. The Balaban J connectivity index is 0.000000262. The van der Waals surface area contributed by atoms with Crippen LogP contribution < -0.4 is 16.9 Å². The van der Waals surface area contributed by atoms with Gasteiger partial charge in [0.2, 0.25) is 0 Å². The second kappa shape index (κ2) is 14.8. The molecule has 10 nitrogen and oxygen atoms in total. The van der Waals surface area contributed by atoms with Gasteiger partial charge in [-0.3, -0.25) is 19.9 Å². The van der Waals surface area contributed by atoms with Crippen LogP contribution in [0.5, 0.6) is 0 Å². The van der Waals surface area contributed by atoms with Crippen LogP contribution in [0.2, 0.25) is 5.15 Å². The van der Waals surface area contributed by atoms with Crippen molar-refractivity contribution in [3.63, 3.8) is 0 Å². The summed E-state index contributed by atoms with van der Waals surface area (Å²) >= 11 is 5.39. The molecule has 0 atom stereocenters. The molecule has 0 unspecified atom stereocenters. The smallest absolute Gasteiger partial charge is 0.399 e. The van der Waals surface area contributed by atoms with Gasteiger partial charge >= 0.3 is 19.5 Å². The van der Waals surface area contributed by atoms with E-state index in [0.717, 1.165) is 12.1 Å². The molecule has 5 rings (SSSR count). The van der Waals surface area contributed by atoms with E-state index in [4.69, 9.17) is 32.4 Å². The molecule has 0 bridgehead atoms. The Labute approximate surface area is 273 Å². The van der Waals surface area contributed by atoms with Crippen LogP contribution in [0.25, 0.3) is 11.3 Å². The Morgan fingerprint density at radius 1 is 0.702 bits per heavy atom. The van der Waals surface area contributed by atoms with Gasteiger partial charge in [0.15, 0.2) is 0 Å². The third kappa shape index (κ3) is 10.2. The first-order valence-electron chi connectivity index (χ1n) is 13.3. The van der Waals surface area contributed by atoms with Crippen LogP contribution in [-0.4, -0.2) is 48.2 Å². The van der Waals surface area contributed by atoms with E-state index in [0.29, 0.717) is 11.0 Å². The molecular formula is C29H34BClF6N8O2. The van der Waals surface area contributed by atoms with Gasteiger partial charge in [0, 0.05) is 34.8 Å². The molecule has 1 aliphatic heterocycles. The van der Waals surface area contributed by atoms with E-state index in [2.05, 4.69) is 29.9 Å². The number of hydrogen-bond donors (Lipinski definition) is 2. The van der Waals surface area contributed by atoms with Gasteiger partial charge in [-0.15, -0.1) is 0 Å². The Hall–Kier alpha value is -4.09. The predicted molar refractivity (Wildman–Crippen MR) is 167 cm³/mol. The highest BCUT2D eigenvalue weighted by molar-refractivity contribution is 6.62. The largest absolute Gasteiger partial charge is 0.496 e. The number of aryl methyl sites for hydroxylation is 2. The van der Waals surface area contributed by atoms with Crippen LogP contribution in [-0.2, 0) is 21.7 Å². The Morgan fingerprint density at radius 2 is 1.17 bits per heavy atom. The van der Waals surface area contributed by atoms with Crippen molar-refractivity contribution < 1.29 is 35.7 Å². The van der Waals surface area contributed by atoms with Crippen molar-refractivity contribution in [2.75, 3.05) is 11.5 Å². The molecule has 5 heterocycles. The average Bonchev–Trinajstić information content (AvgIpc) is 3.15. The number of nitrogens with two attached hydrogens (primary N) is 2. The average molecular weight is 687 g/mol. The fourth-order valence-electron chi connectivity index (χ4n) is 3.78. The number of halogens is 7. The first-order chi connectivity index (χ1) is 21.1. The van der Waals surface area contributed by atoms with Crippen LogP contribution >= 0.6 is 11.6 Å². The van der Waals surface area contributed by atoms with E-state index in [-0.39, 0.29) is 41.4 Å². The third-order valence-corrected chi connectivity index (χ3v) is 7.09. The van der Waals surface area contributed by atoms with E-state index < -0.39 is 41.8 Å². The Kier molecular flexibility index (Phi) is 12.3. The lowest BCUT2D eigenvalue weighted by Gasteiger charge is -2.32. The number of alkyl halides is 6. The summed E-state index contributed by atoms with van der Waals surface area (Å²) in [6.45, 7) is 10.0. The number of hydrogen-bond acceptors (Lipinski definition) is 10. The zero-order chi connectivity index (χ0) is 34.7. The van der Waals surface area contributed by atoms with Crippen molar-refractivity contribution >= 4 is 35.8 Å². The molecule has 4 aromatic heterocycles. The van der Waals surface area contributed by atoms with Crippen LogP contribution in [0, 0.1) is 13.8 Å². The van der Waals surface area contributed by atoms with Gasteiger partial charge < -0.3 is 20.8 Å². The van der Waals surface area contributed by atoms with Crippen molar-refractivity contribution in [1.82, 2.24) is 29.9 Å². The van der Waals surface area contributed by atoms with Crippen molar-refractivity contribution in [3.8, 4) is 11.3 Å². The fraction of sp³-hybridized carbons (Fsp3) is 0.379. The molecule has 18 heteroatoms. The first kappa shape index (κ1) is 39.1. The van der Waals surface area contributed by atoms with Gasteiger partial charge in [0.25, 0.3) is 0 Å². The van der Waals surface area contributed by atoms with Crippen molar-refractivity contribution in [3.05, 3.63) is 77.0 Å². The van der Waals surface area contributed by atoms with Crippen LogP contribution in [0.4, 0.5) is 38.0 Å². The zero-order valence-electron chi connectivity index (χ0n) is 25.5. The zero-order valence-corrected chi connectivity index (χ0v) is 26.3. The third-order valence-electron chi connectivity index (χ3n) is 6.90. The van der Waals surface area contributed by atoms with Crippen LogP contribution in [0.3, 0.4) is 0 Å². The second-order valence-corrected chi connectivity index (χ2v) is 11.3. The molecule has 1 aliphatic rings. The number of anilines is 2. The van der Waals surface area contributed by atoms with Gasteiger partial charge in [-0.2, -0.15) is 26.3 Å². The van der Waals surface area contributed by atoms with Gasteiger partial charge in [-0.1, -0.05) is 19.0 Å². The molecule has 0 aliphatic carbocycles. The van der Waals surface area contributed by atoms with E-state index in [1.54, 1.807) is 0 Å². The monoisotopic (exact) mass is 686 g/mol. The number of rotatable bonds is 2. The molecule has 1 saturated heterocycles. The van der Waals surface area contributed by atoms with Gasteiger partial charge in [-0.25, -0.2) is 9.97 Å². The number of nitrogen functional groups attached to an aromatic ring is 2. The summed E-state index contributed by atoms with van der Waals surface area (Å²) in [5.41, 5.74) is 8.52. The minimum Gasteiger partial charge on any atom is -0.399 e. The molecule has 0 radical (unpaired) electrons. The summed E-state index contributed by atoms with van der Waals surface area (Å²) in [7, 11) is -0.839. The Morgan fingerprint density at radius 3 is 1.62 bits per heavy atom. The van der Waals surface area contributed by atoms with Crippen LogP contribution in [0.15, 0.2) is 49.3 Å².